The zero-order valence-electron chi connectivity index (χ0n) is 15.6. The number of allylic oxidation sites excluding steroid dienone is 1. The Balaban J connectivity index is 1.99. The Morgan fingerprint density at radius 2 is 1.68 bits per heavy atom. The van der Waals surface area contributed by atoms with E-state index >= 15 is 0 Å². The van der Waals surface area contributed by atoms with Crippen molar-refractivity contribution in [3.8, 4) is 23.6 Å². The monoisotopic (exact) mass is 358 g/mol. The third-order valence-electron chi connectivity index (χ3n) is 5.15. The maximum absolute atomic E-state index is 5.93. The first-order valence-electron chi connectivity index (χ1n) is 9.33. The minimum atomic E-state index is 0.871. The van der Waals surface area contributed by atoms with E-state index in [4.69, 9.17) is 11.4 Å². The van der Waals surface area contributed by atoms with Gasteiger partial charge in [0, 0.05) is 16.5 Å². The molecule has 0 amide bonds. The van der Waals surface area contributed by atoms with Crippen molar-refractivity contribution in [1.82, 2.24) is 9.38 Å². The lowest BCUT2D eigenvalue weighted by Gasteiger charge is -2.12. The molecule has 5 rings (SSSR count). The van der Waals surface area contributed by atoms with E-state index < -0.39 is 0 Å². The van der Waals surface area contributed by atoms with Crippen molar-refractivity contribution in [2.75, 3.05) is 0 Å². The van der Waals surface area contributed by atoms with E-state index in [1.54, 1.807) is 0 Å². The Labute approximate surface area is 163 Å². The maximum Gasteiger partial charge on any atom is 0.0963 e. The van der Waals surface area contributed by atoms with Gasteiger partial charge in [-0.2, -0.15) is 0 Å². The average molecular weight is 358 g/mol. The van der Waals surface area contributed by atoms with Gasteiger partial charge < -0.3 is 4.40 Å². The molecule has 0 unspecified atom stereocenters. The number of rotatable bonds is 2. The Hall–Kier alpha value is -3.83. The van der Waals surface area contributed by atoms with Crippen LogP contribution >= 0.6 is 0 Å². The molecular weight excluding hydrogens is 340 g/mol. The van der Waals surface area contributed by atoms with Crippen LogP contribution in [0.1, 0.15) is 18.1 Å². The van der Waals surface area contributed by atoms with Gasteiger partial charge in [0.05, 0.1) is 27.8 Å². The topological polar surface area (TPSA) is 17.3 Å². The van der Waals surface area contributed by atoms with Gasteiger partial charge in [0.15, 0.2) is 0 Å². The minimum Gasteiger partial charge on any atom is -0.306 e. The van der Waals surface area contributed by atoms with E-state index in [0.29, 0.717) is 0 Å². The molecule has 0 radical (unpaired) electrons. The van der Waals surface area contributed by atoms with Crippen LogP contribution in [0.25, 0.3) is 44.8 Å². The van der Waals surface area contributed by atoms with Crippen molar-refractivity contribution in [3.63, 3.8) is 0 Å². The van der Waals surface area contributed by atoms with E-state index in [2.05, 4.69) is 64.9 Å². The Kier molecular flexibility index (Phi) is 3.74. The number of benzene rings is 3. The van der Waals surface area contributed by atoms with Gasteiger partial charge in [-0.3, -0.25) is 0 Å². The predicted octanol–water partition coefficient (Wildman–Crippen LogP) is 6.32. The molecular formula is C26H18N2. The highest BCUT2D eigenvalue weighted by molar-refractivity contribution is 5.99. The van der Waals surface area contributed by atoms with Crippen LogP contribution < -0.4 is 0 Å². The Morgan fingerprint density at radius 3 is 2.50 bits per heavy atom. The number of nitrogens with zero attached hydrogens (tertiary/aromatic N) is 2. The summed E-state index contributed by atoms with van der Waals surface area (Å²) >= 11 is 0. The summed E-state index contributed by atoms with van der Waals surface area (Å²) in [6.07, 6.45) is 9.99. The van der Waals surface area contributed by atoms with E-state index in [-0.39, 0.29) is 0 Å². The van der Waals surface area contributed by atoms with Crippen molar-refractivity contribution in [3.05, 3.63) is 90.0 Å². The average Bonchev–Trinajstić information content (AvgIpc) is 3.13. The molecule has 0 bridgehead atoms. The summed E-state index contributed by atoms with van der Waals surface area (Å²) in [6.45, 7) is 2.00. The summed E-state index contributed by atoms with van der Waals surface area (Å²) in [6, 6.07) is 25.0. The lowest BCUT2D eigenvalue weighted by molar-refractivity contribution is 1.27. The normalized spacial score (nSPS) is 11.6. The van der Waals surface area contributed by atoms with Gasteiger partial charge >= 0.3 is 0 Å². The SMILES string of the molecule is C#Cc1c(/C=C\C)cccc1-c1nc2ccccc2n2c1cc1ccccc12. The van der Waals surface area contributed by atoms with Gasteiger partial charge in [-0.05, 0) is 36.8 Å². The van der Waals surface area contributed by atoms with Crippen LogP contribution in [0.15, 0.2) is 78.9 Å². The van der Waals surface area contributed by atoms with Crippen LogP contribution in [0.4, 0.5) is 0 Å². The number of terminal acetylenes is 1. The molecule has 2 heteroatoms. The fraction of sp³-hybridized carbons (Fsp3) is 0.0385. The fourth-order valence-electron chi connectivity index (χ4n) is 3.96. The summed E-state index contributed by atoms with van der Waals surface area (Å²) < 4.78 is 2.29. The highest BCUT2D eigenvalue weighted by Gasteiger charge is 2.16. The van der Waals surface area contributed by atoms with Gasteiger partial charge in [-0.1, -0.05) is 66.6 Å². The molecule has 0 aliphatic rings. The molecule has 0 aliphatic carbocycles. The zero-order chi connectivity index (χ0) is 19.1. The Bertz CT molecular complexity index is 1430. The molecule has 0 saturated heterocycles. The van der Waals surface area contributed by atoms with Gasteiger partial charge in [-0.25, -0.2) is 4.98 Å². The summed E-state index contributed by atoms with van der Waals surface area (Å²) in [5.41, 5.74) is 8.08. The van der Waals surface area contributed by atoms with Crippen molar-refractivity contribution >= 4 is 33.5 Å². The molecule has 0 N–H and O–H groups in total. The largest absolute Gasteiger partial charge is 0.306 e. The lowest BCUT2D eigenvalue weighted by atomic mass is 9.98. The maximum atomic E-state index is 5.93. The standard InChI is InChI=1S/C26H18N2/c1-3-10-18-12-9-13-21(20(18)4-2)26-25-17-19-11-5-7-15-23(19)28(25)24-16-8-6-14-22(24)27-26/h2-3,5-17H,1H3/b10-3-. The lowest BCUT2D eigenvalue weighted by Crippen LogP contribution is -1.97. The molecule has 0 spiro atoms. The minimum absolute atomic E-state index is 0.871. The van der Waals surface area contributed by atoms with Crippen molar-refractivity contribution in [2.45, 2.75) is 6.92 Å². The van der Waals surface area contributed by atoms with E-state index in [9.17, 15) is 0 Å². The highest BCUT2D eigenvalue weighted by Crippen LogP contribution is 2.34. The van der Waals surface area contributed by atoms with E-state index in [1.165, 1.54) is 10.9 Å². The molecule has 2 aromatic heterocycles. The highest BCUT2D eigenvalue weighted by atomic mass is 14.9. The van der Waals surface area contributed by atoms with Gasteiger partial charge in [0.2, 0.25) is 0 Å². The second-order valence-electron chi connectivity index (χ2n) is 6.79. The number of hydrogen-bond donors (Lipinski definition) is 0. The van der Waals surface area contributed by atoms with Crippen LogP contribution in [-0.4, -0.2) is 9.38 Å². The van der Waals surface area contributed by atoms with Crippen LogP contribution in [0.3, 0.4) is 0 Å². The van der Waals surface area contributed by atoms with Crippen molar-refractivity contribution < 1.29 is 0 Å². The summed E-state index contributed by atoms with van der Waals surface area (Å²) in [5.74, 6) is 2.89. The van der Waals surface area contributed by atoms with Crippen LogP contribution in [0, 0.1) is 12.3 Å². The summed E-state index contributed by atoms with van der Waals surface area (Å²) in [5, 5.41) is 1.19. The molecule has 3 aromatic carbocycles. The molecule has 0 fully saturated rings. The Morgan fingerprint density at radius 1 is 0.893 bits per heavy atom. The summed E-state index contributed by atoms with van der Waals surface area (Å²) in [7, 11) is 0. The zero-order valence-corrected chi connectivity index (χ0v) is 15.6. The van der Waals surface area contributed by atoms with Crippen molar-refractivity contribution in [2.24, 2.45) is 0 Å². The van der Waals surface area contributed by atoms with Gasteiger partial charge in [0.25, 0.3) is 0 Å². The first-order chi connectivity index (χ1) is 13.8. The molecule has 132 valence electrons. The fourth-order valence-corrected chi connectivity index (χ4v) is 3.96. The number of aromatic nitrogens is 2. The van der Waals surface area contributed by atoms with Crippen molar-refractivity contribution in [1.29, 1.82) is 0 Å². The molecule has 0 aliphatic heterocycles. The number of hydrogen-bond acceptors (Lipinski definition) is 1. The first-order valence-corrected chi connectivity index (χ1v) is 9.33. The second-order valence-corrected chi connectivity index (χ2v) is 6.79. The van der Waals surface area contributed by atoms with E-state index in [1.807, 2.05) is 37.3 Å². The number of para-hydroxylation sites is 3. The third kappa shape index (κ3) is 2.34. The van der Waals surface area contributed by atoms with Crippen LogP contribution in [-0.2, 0) is 0 Å². The number of fused-ring (bicyclic) bond motifs is 5. The third-order valence-corrected chi connectivity index (χ3v) is 5.15. The second kappa shape index (κ2) is 6.40. The molecule has 2 heterocycles. The molecule has 2 nitrogen and oxygen atoms in total. The molecule has 28 heavy (non-hydrogen) atoms. The van der Waals surface area contributed by atoms with Gasteiger partial charge in [-0.15, -0.1) is 6.42 Å². The molecule has 0 saturated carbocycles. The van der Waals surface area contributed by atoms with Crippen LogP contribution in [0.2, 0.25) is 0 Å². The predicted molar refractivity (Wildman–Crippen MR) is 118 cm³/mol. The molecule has 5 aromatic rings. The first kappa shape index (κ1) is 16.4. The van der Waals surface area contributed by atoms with E-state index in [0.717, 1.165) is 38.9 Å². The quantitative estimate of drug-likeness (QED) is 0.337. The molecule has 0 atom stereocenters. The van der Waals surface area contributed by atoms with Gasteiger partial charge in [0.1, 0.15) is 0 Å². The smallest absolute Gasteiger partial charge is 0.0963 e. The van der Waals surface area contributed by atoms with Crippen LogP contribution in [0.5, 0.6) is 0 Å². The summed E-state index contributed by atoms with van der Waals surface area (Å²) in [4.78, 5) is 5.04.